The van der Waals surface area contributed by atoms with Gasteiger partial charge in [0.15, 0.2) is 0 Å². The molecule has 1 aromatic rings. The summed E-state index contributed by atoms with van der Waals surface area (Å²) in [5.74, 6) is -1.67. The number of methoxy groups -OCH3 is 4. The van der Waals surface area contributed by atoms with Crippen LogP contribution in [0.15, 0.2) is 17.3 Å². The molecular formula is C18H18N2O8. The van der Waals surface area contributed by atoms with Crippen LogP contribution in [0.3, 0.4) is 0 Å². The van der Waals surface area contributed by atoms with Crippen LogP contribution < -0.4 is 14.2 Å². The Labute approximate surface area is 160 Å². The molecule has 0 saturated carbocycles. The van der Waals surface area contributed by atoms with Gasteiger partial charge in [0.25, 0.3) is 5.60 Å². The van der Waals surface area contributed by atoms with Gasteiger partial charge in [-0.1, -0.05) is 5.16 Å². The Morgan fingerprint density at radius 3 is 2.36 bits per heavy atom. The van der Waals surface area contributed by atoms with Gasteiger partial charge in [-0.3, -0.25) is 0 Å². The van der Waals surface area contributed by atoms with E-state index in [4.69, 9.17) is 23.8 Å². The summed E-state index contributed by atoms with van der Waals surface area (Å²) in [5.41, 5.74) is -1.29. The summed E-state index contributed by atoms with van der Waals surface area (Å²) in [7, 11) is 5.52. The van der Waals surface area contributed by atoms with Gasteiger partial charge in [0.2, 0.25) is 6.10 Å². The number of benzene rings is 1. The molecule has 2 aliphatic rings. The van der Waals surface area contributed by atoms with Gasteiger partial charge in [-0.2, -0.15) is 5.26 Å². The Morgan fingerprint density at radius 1 is 1.21 bits per heavy atom. The largest absolute Gasteiger partial charge is 0.496 e. The van der Waals surface area contributed by atoms with Crippen LogP contribution in [0.5, 0.6) is 17.2 Å². The van der Waals surface area contributed by atoms with Crippen LogP contribution in [0.2, 0.25) is 0 Å². The van der Waals surface area contributed by atoms with E-state index in [9.17, 15) is 14.9 Å². The lowest BCUT2D eigenvalue weighted by Gasteiger charge is -2.21. The van der Waals surface area contributed by atoms with Crippen LogP contribution in [-0.2, 0) is 23.9 Å². The number of carbonyl (C=O) groups is 2. The minimum absolute atomic E-state index is 0.126. The molecule has 0 N–H and O–H groups in total. The monoisotopic (exact) mass is 390 g/mol. The predicted octanol–water partition coefficient (Wildman–Crippen LogP) is 0.814. The maximum atomic E-state index is 12.5. The molecule has 0 unspecified atom stereocenters. The van der Waals surface area contributed by atoms with Crippen molar-refractivity contribution in [1.82, 2.24) is 0 Å². The fourth-order valence-corrected chi connectivity index (χ4v) is 3.27. The third-order valence-corrected chi connectivity index (χ3v) is 4.69. The predicted molar refractivity (Wildman–Crippen MR) is 92.1 cm³/mol. The second-order valence-electron chi connectivity index (χ2n) is 6.05. The standard InChI is InChI=1S/C18H18N2O8/c1-23-9-5-11(24-2)14(12(6-9)25-3)15-10(8-19)18(28-20-15)7-13(16(21)26-4)27-17(18)22/h5-6,10,13H,7H2,1-4H3/t10-,13+,18-/m1/s1. The van der Waals surface area contributed by atoms with Crippen LogP contribution in [0, 0.1) is 17.2 Å². The number of oxime groups is 1. The summed E-state index contributed by atoms with van der Waals surface area (Å²) >= 11 is 0. The minimum Gasteiger partial charge on any atom is -0.496 e. The Hall–Kier alpha value is -3.48. The van der Waals surface area contributed by atoms with Crippen LogP contribution in [0.25, 0.3) is 0 Å². The van der Waals surface area contributed by atoms with Crippen molar-refractivity contribution in [3.05, 3.63) is 17.7 Å². The normalized spacial score (nSPS) is 25.4. The molecule has 1 spiro atoms. The highest BCUT2D eigenvalue weighted by Crippen LogP contribution is 2.46. The van der Waals surface area contributed by atoms with Crippen molar-refractivity contribution < 1.29 is 38.1 Å². The molecule has 1 saturated heterocycles. The SMILES string of the molecule is COC(=O)[C@@H]1C[C@]2(ON=C(c3c(OC)cc(OC)cc3OC)[C@H]2C#N)C(=O)O1. The van der Waals surface area contributed by atoms with E-state index in [2.05, 4.69) is 9.89 Å². The van der Waals surface area contributed by atoms with E-state index >= 15 is 0 Å². The quantitative estimate of drug-likeness (QED) is 0.671. The first-order chi connectivity index (χ1) is 13.4. The highest BCUT2D eigenvalue weighted by molar-refractivity contribution is 6.12. The van der Waals surface area contributed by atoms with E-state index in [-0.39, 0.29) is 12.1 Å². The first-order valence-electron chi connectivity index (χ1n) is 8.20. The number of rotatable bonds is 5. The minimum atomic E-state index is -1.75. The average molecular weight is 390 g/mol. The second kappa shape index (κ2) is 7.26. The first kappa shape index (κ1) is 19.3. The zero-order valence-corrected chi connectivity index (χ0v) is 15.7. The number of ether oxygens (including phenoxy) is 5. The summed E-state index contributed by atoms with van der Waals surface area (Å²) < 4.78 is 25.7. The lowest BCUT2D eigenvalue weighted by molar-refractivity contribution is -0.165. The molecular weight excluding hydrogens is 372 g/mol. The zero-order valence-electron chi connectivity index (χ0n) is 15.7. The van der Waals surface area contributed by atoms with Crippen molar-refractivity contribution >= 4 is 17.7 Å². The van der Waals surface area contributed by atoms with E-state index in [1.807, 2.05) is 6.07 Å². The molecule has 28 heavy (non-hydrogen) atoms. The van der Waals surface area contributed by atoms with Gasteiger partial charge >= 0.3 is 11.9 Å². The fourth-order valence-electron chi connectivity index (χ4n) is 3.27. The van der Waals surface area contributed by atoms with E-state index < -0.39 is 29.6 Å². The molecule has 10 nitrogen and oxygen atoms in total. The average Bonchev–Trinajstić information content (AvgIpc) is 3.26. The van der Waals surface area contributed by atoms with Gasteiger partial charge in [-0.05, 0) is 0 Å². The molecule has 1 fully saturated rings. The lowest BCUT2D eigenvalue weighted by atomic mass is 9.80. The van der Waals surface area contributed by atoms with Crippen molar-refractivity contribution in [2.75, 3.05) is 28.4 Å². The zero-order chi connectivity index (χ0) is 20.5. The molecule has 0 aromatic heterocycles. The van der Waals surface area contributed by atoms with Gasteiger partial charge in [-0.25, -0.2) is 9.59 Å². The van der Waals surface area contributed by atoms with E-state index in [0.717, 1.165) is 0 Å². The number of hydrogen-bond donors (Lipinski definition) is 0. The Kier molecular flexibility index (Phi) is 5.00. The summed E-state index contributed by atoms with van der Waals surface area (Å²) in [5, 5.41) is 13.8. The molecule has 10 heteroatoms. The molecule has 0 amide bonds. The Morgan fingerprint density at radius 2 is 1.86 bits per heavy atom. The van der Waals surface area contributed by atoms with Gasteiger partial charge in [0.05, 0.1) is 46.5 Å². The van der Waals surface area contributed by atoms with Gasteiger partial charge < -0.3 is 28.5 Å². The molecule has 148 valence electrons. The third-order valence-electron chi connectivity index (χ3n) is 4.69. The molecule has 0 radical (unpaired) electrons. The number of esters is 2. The van der Waals surface area contributed by atoms with Crippen molar-refractivity contribution in [3.63, 3.8) is 0 Å². The topological polar surface area (TPSA) is 126 Å². The lowest BCUT2D eigenvalue weighted by Crippen LogP contribution is -2.43. The number of cyclic esters (lactones) is 1. The third kappa shape index (κ3) is 2.76. The summed E-state index contributed by atoms with van der Waals surface area (Å²) in [6.07, 6.45) is -1.38. The van der Waals surface area contributed by atoms with Crippen LogP contribution >= 0.6 is 0 Å². The molecule has 1 aromatic carbocycles. The van der Waals surface area contributed by atoms with E-state index in [1.165, 1.54) is 28.4 Å². The molecule has 3 atom stereocenters. The molecule has 3 rings (SSSR count). The number of hydrogen-bond acceptors (Lipinski definition) is 10. The Bertz CT molecular complexity index is 865. The summed E-state index contributed by atoms with van der Waals surface area (Å²) in [6, 6.07) is 5.21. The molecule has 2 aliphatic heterocycles. The molecule has 2 heterocycles. The van der Waals surface area contributed by atoms with Crippen molar-refractivity contribution in [3.8, 4) is 23.3 Å². The highest BCUT2D eigenvalue weighted by Gasteiger charge is 2.64. The molecule has 0 aliphatic carbocycles. The Balaban J connectivity index is 2.06. The van der Waals surface area contributed by atoms with Crippen LogP contribution in [0.1, 0.15) is 12.0 Å². The first-order valence-corrected chi connectivity index (χ1v) is 8.20. The summed E-state index contributed by atoms with van der Waals surface area (Å²) in [6.45, 7) is 0. The summed E-state index contributed by atoms with van der Waals surface area (Å²) in [4.78, 5) is 29.7. The fraction of sp³-hybridized carbons (Fsp3) is 0.444. The maximum Gasteiger partial charge on any atom is 0.356 e. The highest BCUT2D eigenvalue weighted by atomic mass is 16.7. The second-order valence-corrected chi connectivity index (χ2v) is 6.05. The smallest absolute Gasteiger partial charge is 0.356 e. The van der Waals surface area contributed by atoms with Crippen molar-refractivity contribution in [2.24, 2.45) is 11.1 Å². The van der Waals surface area contributed by atoms with E-state index in [1.54, 1.807) is 12.1 Å². The van der Waals surface area contributed by atoms with Gasteiger partial charge in [0, 0.05) is 12.1 Å². The van der Waals surface area contributed by atoms with E-state index in [0.29, 0.717) is 22.8 Å². The number of nitrogens with zero attached hydrogens (tertiary/aromatic N) is 2. The van der Waals surface area contributed by atoms with Crippen LogP contribution in [-0.4, -0.2) is 57.8 Å². The van der Waals surface area contributed by atoms with Crippen molar-refractivity contribution in [1.29, 1.82) is 5.26 Å². The van der Waals surface area contributed by atoms with Crippen LogP contribution in [0.4, 0.5) is 0 Å². The van der Waals surface area contributed by atoms with Gasteiger partial charge in [0.1, 0.15) is 28.9 Å². The molecule has 0 bridgehead atoms. The number of nitriles is 1. The van der Waals surface area contributed by atoms with Crippen molar-refractivity contribution in [2.45, 2.75) is 18.1 Å². The van der Waals surface area contributed by atoms with Gasteiger partial charge in [-0.15, -0.1) is 0 Å². The number of carbonyl (C=O) groups excluding carboxylic acids is 2. The maximum absolute atomic E-state index is 12.5.